The molecule has 11 heteroatoms. The van der Waals surface area contributed by atoms with E-state index in [0.29, 0.717) is 31.4 Å². The molecule has 0 aliphatic heterocycles. The number of hydrogen-bond donors (Lipinski definition) is 4. The number of carbonyl (C=O) groups excluding carboxylic acids is 2. The molecule has 7 N–H and O–H groups in total. The molecule has 9 nitrogen and oxygen atoms in total. The number of guanidine groups is 1. The van der Waals surface area contributed by atoms with Crippen LogP contribution >= 0.6 is 24.8 Å². The number of nitrogens with zero attached hydrogens (tertiary/aromatic N) is 3. The van der Waals surface area contributed by atoms with Gasteiger partial charge in [0.2, 0.25) is 11.9 Å². The van der Waals surface area contributed by atoms with Crippen LogP contribution in [0.25, 0.3) is 22.5 Å². The zero-order valence-electron chi connectivity index (χ0n) is 18.5. The highest BCUT2D eigenvalue weighted by molar-refractivity contribution is 5.86. The van der Waals surface area contributed by atoms with E-state index in [1.165, 1.54) is 0 Å². The molecule has 182 valence electrons. The third-order valence-electron chi connectivity index (χ3n) is 4.87. The summed E-state index contributed by atoms with van der Waals surface area (Å²) in [7, 11) is 0. The molecule has 1 amide bonds. The van der Waals surface area contributed by atoms with E-state index in [-0.39, 0.29) is 49.2 Å². The number of amides is 1. The fraction of sp³-hybridized carbons (Fsp3) is 0.217. The monoisotopic (exact) mass is 505 g/mol. The first-order valence-corrected chi connectivity index (χ1v) is 10.3. The Kier molecular flexibility index (Phi) is 11.6. The highest BCUT2D eigenvalue weighted by atomic mass is 35.5. The number of nitrogen functional groups attached to an aromatic ring is 1. The fourth-order valence-electron chi connectivity index (χ4n) is 3.41. The van der Waals surface area contributed by atoms with Crippen molar-refractivity contribution >= 4 is 48.9 Å². The Hall–Kier alpha value is -3.56. The van der Waals surface area contributed by atoms with Gasteiger partial charge in [-0.1, -0.05) is 60.7 Å². The van der Waals surface area contributed by atoms with E-state index in [4.69, 9.17) is 17.2 Å². The van der Waals surface area contributed by atoms with Crippen molar-refractivity contribution in [2.24, 2.45) is 16.5 Å². The van der Waals surface area contributed by atoms with Crippen LogP contribution in [0.3, 0.4) is 0 Å². The maximum absolute atomic E-state index is 12.8. The molecule has 3 rings (SSSR count). The summed E-state index contributed by atoms with van der Waals surface area (Å²) >= 11 is 0. The lowest BCUT2D eigenvalue weighted by atomic mass is 10.0. The predicted octanol–water partition coefficient (Wildman–Crippen LogP) is 2.38. The zero-order chi connectivity index (χ0) is 22.9. The van der Waals surface area contributed by atoms with E-state index in [1.807, 2.05) is 60.7 Å². The van der Waals surface area contributed by atoms with E-state index in [2.05, 4.69) is 15.3 Å². The molecule has 0 aliphatic carbocycles. The number of nitrogens with one attached hydrogen (secondary N) is 1. The van der Waals surface area contributed by atoms with Gasteiger partial charge in [0.1, 0.15) is 12.8 Å². The number of rotatable bonds is 10. The number of aldehydes is 1. The molecule has 3 aromatic rings. The number of halogens is 2. The summed E-state index contributed by atoms with van der Waals surface area (Å²) in [6.07, 6.45) is 1.69. The average Bonchev–Trinajstić information content (AvgIpc) is 3.12. The number of aromatic nitrogens is 2. The molecule has 34 heavy (non-hydrogen) atoms. The van der Waals surface area contributed by atoms with Crippen molar-refractivity contribution < 1.29 is 9.59 Å². The minimum atomic E-state index is -0.643. The summed E-state index contributed by atoms with van der Waals surface area (Å²) in [5.41, 5.74) is 20.0. The van der Waals surface area contributed by atoms with Crippen molar-refractivity contribution in [2.75, 3.05) is 12.3 Å². The molecule has 1 heterocycles. The molecule has 1 aromatic heterocycles. The van der Waals surface area contributed by atoms with Crippen LogP contribution < -0.4 is 22.5 Å². The first-order valence-electron chi connectivity index (χ1n) is 10.3. The van der Waals surface area contributed by atoms with E-state index >= 15 is 0 Å². The Morgan fingerprint density at radius 3 is 2.18 bits per heavy atom. The number of imidazole rings is 1. The highest BCUT2D eigenvalue weighted by Crippen LogP contribution is 2.33. The van der Waals surface area contributed by atoms with Gasteiger partial charge in [-0.2, -0.15) is 0 Å². The molecule has 0 spiro atoms. The smallest absolute Gasteiger partial charge is 0.240 e. The topological polar surface area (TPSA) is 154 Å². The van der Waals surface area contributed by atoms with Gasteiger partial charge in [0.25, 0.3) is 0 Å². The van der Waals surface area contributed by atoms with Crippen molar-refractivity contribution in [1.29, 1.82) is 0 Å². The lowest BCUT2D eigenvalue weighted by Gasteiger charge is -2.15. The second kappa shape index (κ2) is 13.9. The lowest BCUT2D eigenvalue weighted by molar-refractivity contribution is -0.124. The second-order valence-electron chi connectivity index (χ2n) is 7.24. The predicted molar refractivity (Wildman–Crippen MR) is 140 cm³/mol. The Morgan fingerprint density at radius 2 is 1.62 bits per heavy atom. The Bertz CT molecular complexity index is 1090. The standard InChI is InChI=1S/C23H27N7O2.2ClH/c24-22(25)27-13-7-12-18(15-31)28-19(32)14-30-21(17-10-5-2-6-11-17)20(29-23(30)26)16-8-3-1-4-9-16;;/h1-6,8-11,15,18H,7,12-14H2,(H2,26,29)(H,28,32)(H4,24,25,27);2*1H/t18-;;/m0../s1. The van der Waals surface area contributed by atoms with Gasteiger partial charge in [-0.15, -0.1) is 24.8 Å². The molecule has 1 atom stereocenters. The van der Waals surface area contributed by atoms with Gasteiger partial charge >= 0.3 is 0 Å². The van der Waals surface area contributed by atoms with Crippen molar-refractivity contribution in [3.63, 3.8) is 0 Å². The van der Waals surface area contributed by atoms with Gasteiger partial charge in [-0.05, 0) is 12.8 Å². The Labute approximate surface area is 210 Å². The van der Waals surface area contributed by atoms with E-state index in [9.17, 15) is 9.59 Å². The number of nitrogens with two attached hydrogens (primary N) is 3. The minimum absolute atomic E-state index is 0. The van der Waals surface area contributed by atoms with Crippen LogP contribution in [0, 0.1) is 0 Å². The summed E-state index contributed by atoms with van der Waals surface area (Å²) in [4.78, 5) is 32.6. The maximum Gasteiger partial charge on any atom is 0.240 e. The quantitative estimate of drug-likeness (QED) is 0.143. The molecule has 0 radical (unpaired) electrons. The van der Waals surface area contributed by atoms with Crippen LogP contribution in [-0.2, 0) is 16.1 Å². The average molecular weight is 506 g/mol. The largest absolute Gasteiger partial charge is 0.370 e. The Balaban J connectivity index is 0.00000289. The third kappa shape index (κ3) is 7.50. The van der Waals surface area contributed by atoms with Crippen molar-refractivity contribution in [3.05, 3.63) is 60.7 Å². The minimum Gasteiger partial charge on any atom is -0.370 e. The highest BCUT2D eigenvalue weighted by Gasteiger charge is 2.21. The first-order chi connectivity index (χ1) is 15.5. The van der Waals surface area contributed by atoms with Gasteiger partial charge in [0, 0.05) is 17.7 Å². The van der Waals surface area contributed by atoms with Crippen LogP contribution in [0.15, 0.2) is 65.7 Å². The second-order valence-corrected chi connectivity index (χ2v) is 7.24. The number of anilines is 1. The molecule has 0 bridgehead atoms. The number of hydrogen-bond acceptors (Lipinski definition) is 5. The van der Waals surface area contributed by atoms with Gasteiger partial charge in [0.05, 0.1) is 17.4 Å². The summed E-state index contributed by atoms with van der Waals surface area (Å²) in [5, 5.41) is 2.74. The summed E-state index contributed by atoms with van der Waals surface area (Å²) in [6, 6.07) is 18.6. The Morgan fingerprint density at radius 1 is 1.03 bits per heavy atom. The van der Waals surface area contributed by atoms with Crippen molar-refractivity contribution in [2.45, 2.75) is 25.4 Å². The molecular weight excluding hydrogens is 477 g/mol. The molecule has 0 aliphatic rings. The van der Waals surface area contributed by atoms with Crippen LogP contribution in [0.2, 0.25) is 0 Å². The van der Waals surface area contributed by atoms with Crippen LogP contribution in [-0.4, -0.2) is 40.3 Å². The normalized spacial score (nSPS) is 10.8. The van der Waals surface area contributed by atoms with Crippen LogP contribution in [0.4, 0.5) is 5.95 Å². The molecule has 0 saturated heterocycles. The van der Waals surface area contributed by atoms with Crippen LogP contribution in [0.5, 0.6) is 0 Å². The SMILES string of the molecule is Cl.Cl.NC(N)=NCCC[C@@H](C=O)NC(=O)Cn1c(N)nc(-c2ccccc2)c1-c1ccccc1. The van der Waals surface area contributed by atoms with Crippen molar-refractivity contribution in [1.82, 2.24) is 14.9 Å². The number of benzene rings is 2. The molecule has 2 aromatic carbocycles. The fourth-order valence-corrected chi connectivity index (χ4v) is 3.41. The van der Waals surface area contributed by atoms with Crippen molar-refractivity contribution in [3.8, 4) is 22.5 Å². The van der Waals surface area contributed by atoms with Crippen LogP contribution in [0.1, 0.15) is 12.8 Å². The number of aliphatic imine (C=N–C) groups is 1. The first kappa shape index (κ1) is 28.5. The number of carbonyl (C=O) groups is 2. The summed E-state index contributed by atoms with van der Waals surface area (Å²) in [5.74, 6) is -0.131. The van der Waals surface area contributed by atoms with E-state index in [0.717, 1.165) is 16.8 Å². The van der Waals surface area contributed by atoms with Gasteiger partial charge in [0.15, 0.2) is 5.96 Å². The van der Waals surface area contributed by atoms with Gasteiger partial charge in [-0.25, -0.2) is 4.98 Å². The summed E-state index contributed by atoms with van der Waals surface area (Å²) in [6.45, 7) is 0.309. The van der Waals surface area contributed by atoms with Gasteiger partial charge < -0.3 is 31.9 Å². The lowest BCUT2D eigenvalue weighted by Crippen LogP contribution is -2.38. The van der Waals surface area contributed by atoms with Gasteiger partial charge in [-0.3, -0.25) is 9.79 Å². The summed E-state index contributed by atoms with van der Waals surface area (Å²) < 4.78 is 1.66. The molecule has 0 unspecified atom stereocenters. The molecule has 0 fully saturated rings. The van der Waals surface area contributed by atoms with E-state index < -0.39 is 6.04 Å². The molecule has 0 saturated carbocycles. The molecular formula is C23H29Cl2N7O2. The third-order valence-corrected chi connectivity index (χ3v) is 4.87. The van der Waals surface area contributed by atoms with E-state index in [1.54, 1.807) is 4.57 Å². The zero-order valence-corrected chi connectivity index (χ0v) is 20.1. The maximum atomic E-state index is 12.8.